The van der Waals surface area contributed by atoms with Gasteiger partial charge in [-0.2, -0.15) is 0 Å². The number of carbonyl (C=O) groups is 1. The third kappa shape index (κ3) is 4.30. The molecule has 1 saturated carbocycles. The minimum Gasteiger partial charge on any atom is -0.353 e. The Bertz CT molecular complexity index is 470. The Morgan fingerprint density at radius 3 is 2.65 bits per heavy atom. The van der Waals surface area contributed by atoms with E-state index >= 15 is 0 Å². The van der Waals surface area contributed by atoms with Gasteiger partial charge in [-0.25, -0.2) is 4.39 Å². The van der Waals surface area contributed by atoms with Gasteiger partial charge in [0.1, 0.15) is 5.82 Å². The summed E-state index contributed by atoms with van der Waals surface area (Å²) in [6.45, 7) is 2.23. The average Bonchev–Trinajstić information content (AvgIpc) is 2.44. The Balaban J connectivity index is 1.82. The molecule has 0 unspecified atom stereocenters. The lowest BCUT2D eigenvalue weighted by Crippen LogP contribution is -2.38. The summed E-state index contributed by atoms with van der Waals surface area (Å²) in [6, 6.07) is 5.03. The molecule has 2 nitrogen and oxygen atoms in total. The van der Waals surface area contributed by atoms with E-state index in [2.05, 4.69) is 28.2 Å². The van der Waals surface area contributed by atoms with Crippen LogP contribution in [-0.2, 0) is 11.2 Å². The van der Waals surface area contributed by atoms with Gasteiger partial charge in [0, 0.05) is 6.04 Å². The molecular weight excluding hydrogens is 321 g/mol. The number of benzene rings is 1. The van der Waals surface area contributed by atoms with Gasteiger partial charge in [0.05, 0.1) is 10.9 Å². The van der Waals surface area contributed by atoms with Crippen LogP contribution in [0, 0.1) is 11.7 Å². The van der Waals surface area contributed by atoms with E-state index < -0.39 is 0 Å². The summed E-state index contributed by atoms with van der Waals surface area (Å²) in [5, 5.41) is 3.10. The number of hydrogen-bond donors (Lipinski definition) is 1. The van der Waals surface area contributed by atoms with Gasteiger partial charge < -0.3 is 5.32 Å². The topological polar surface area (TPSA) is 29.1 Å². The third-order valence-electron chi connectivity index (χ3n) is 4.14. The lowest BCUT2D eigenvalue weighted by Gasteiger charge is -2.28. The first-order chi connectivity index (χ1) is 9.58. The number of amides is 1. The summed E-state index contributed by atoms with van der Waals surface area (Å²) in [4.78, 5) is 12.0. The van der Waals surface area contributed by atoms with Crippen LogP contribution in [0.2, 0.25) is 0 Å². The van der Waals surface area contributed by atoms with Gasteiger partial charge in [-0.3, -0.25) is 4.79 Å². The van der Waals surface area contributed by atoms with Crippen molar-refractivity contribution in [3.8, 4) is 0 Å². The van der Waals surface area contributed by atoms with Crippen molar-refractivity contribution in [2.24, 2.45) is 5.92 Å². The Labute approximate surface area is 128 Å². The summed E-state index contributed by atoms with van der Waals surface area (Å²) in [7, 11) is 0. The molecule has 1 aliphatic carbocycles. The van der Waals surface area contributed by atoms with Crippen molar-refractivity contribution in [1.29, 1.82) is 0 Å². The molecule has 1 aromatic carbocycles. The van der Waals surface area contributed by atoms with E-state index in [0.29, 0.717) is 16.9 Å². The molecule has 0 spiro atoms. The zero-order valence-electron chi connectivity index (χ0n) is 11.8. The van der Waals surface area contributed by atoms with Crippen molar-refractivity contribution in [2.75, 3.05) is 0 Å². The highest BCUT2D eigenvalue weighted by Crippen LogP contribution is 2.26. The van der Waals surface area contributed by atoms with Crippen LogP contribution in [0.5, 0.6) is 0 Å². The minimum absolute atomic E-state index is 0.0310. The lowest BCUT2D eigenvalue weighted by atomic mass is 9.84. The smallest absolute Gasteiger partial charge is 0.224 e. The number of rotatable bonds is 4. The van der Waals surface area contributed by atoms with Gasteiger partial charge in [0.15, 0.2) is 0 Å². The summed E-state index contributed by atoms with van der Waals surface area (Å²) in [6.07, 6.45) is 6.14. The second-order valence-corrected chi connectivity index (χ2v) is 6.47. The van der Waals surface area contributed by atoms with Crippen molar-refractivity contribution in [3.63, 3.8) is 0 Å². The van der Waals surface area contributed by atoms with Crippen LogP contribution in [0.1, 0.15) is 44.6 Å². The average molecular weight is 342 g/mol. The molecular formula is C16H21BrFNO. The van der Waals surface area contributed by atoms with Crippen LogP contribution in [0.4, 0.5) is 4.39 Å². The van der Waals surface area contributed by atoms with Crippen LogP contribution in [0.3, 0.4) is 0 Å². The monoisotopic (exact) mass is 341 g/mol. The van der Waals surface area contributed by atoms with Crippen LogP contribution in [0.25, 0.3) is 0 Å². The van der Waals surface area contributed by atoms with Crippen LogP contribution in [-0.4, -0.2) is 11.9 Å². The Kier molecular flexibility index (Phi) is 5.58. The summed E-state index contributed by atoms with van der Waals surface area (Å²) >= 11 is 3.14. The molecule has 1 fully saturated rings. The fourth-order valence-corrected chi connectivity index (χ4v) is 3.25. The van der Waals surface area contributed by atoms with Crippen molar-refractivity contribution < 1.29 is 9.18 Å². The standard InChI is InChI=1S/C16H21BrFNO/c1-2-11-3-6-13(7-4-11)19-16(20)10-12-5-8-15(18)14(17)9-12/h5,8-9,11,13H,2-4,6-7,10H2,1H3,(H,19,20). The Hall–Kier alpha value is -0.900. The first-order valence-electron chi connectivity index (χ1n) is 7.31. The van der Waals surface area contributed by atoms with Gasteiger partial charge in [-0.05, 0) is 65.2 Å². The molecule has 2 rings (SSSR count). The van der Waals surface area contributed by atoms with E-state index in [9.17, 15) is 9.18 Å². The number of hydrogen-bond acceptors (Lipinski definition) is 1. The second kappa shape index (κ2) is 7.21. The van der Waals surface area contributed by atoms with Gasteiger partial charge in [0.25, 0.3) is 0 Å². The SMILES string of the molecule is CCC1CCC(NC(=O)Cc2ccc(F)c(Br)c2)CC1. The van der Waals surface area contributed by atoms with E-state index in [1.807, 2.05) is 0 Å². The van der Waals surface area contributed by atoms with Crippen LogP contribution < -0.4 is 5.32 Å². The molecule has 0 saturated heterocycles. The summed E-state index contributed by atoms with van der Waals surface area (Å²) in [5.74, 6) is 0.562. The summed E-state index contributed by atoms with van der Waals surface area (Å²) < 4.78 is 13.5. The van der Waals surface area contributed by atoms with Gasteiger partial charge in [-0.1, -0.05) is 19.4 Å². The number of carbonyl (C=O) groups excluding carboxylic acids is 1. The van der Waals surface area contributed by atoms with Gasteiger partial charge in [-0.15, -0.1) is 0 Å². The first-order valence-corrected chi connectivity index (χ1v) is 8.11. The predicted molar refractivity (Wildman–Crippen MR) is 82.0 cm³/mol. The van der Waals surface area contributed by atoms with Crippen LogP contribution in [0.15, 0.2) is 22.7 Å². The Morgan fingerprint density at radius 2 is 2.05 bits per heavy atom. The van der Waals surface area contributed by atoms with Crippen molar-refractivity contribution in [1.82, 2.24) is 5.32 Å². The molecule has 110 valence electrons. The molecule has 1 N–H and O–H groups in total. The highest BCUT2D eigenvalue weighted by Gasteiger charge is 2.21. The maximum Gasteiger partial charge on any atom is 0.224 e. The van der Waals surface area contributed by atoms with Crippen molar-refractivity contribution in [3.05, 3.63) is 34.1 Å². The second-order valence-electron chi connectivity index (χ2n) is 5.62. The zero-order chi connectivity index (χ0) is 14.5. The molecule has 1 aliphatic rings. The molecule has 0 atom stereocenters. The fraction of sp³-hybridized carbons (Fsp3) is 0.562. The highest BCUT2D eigenvalue weighted by atomic mass is 79.9. The molecule has 0 radical (unpaired) electrons. The maximum atomic E-state index is 13.1. The lowest BCUT2D eigenvalue weighted by molar-refractivity contribution is -0.121. The fourth-order valence-electron chi connectivity index (χ4n) is 2.83. The first kappa shape index (κ1) is 15.5. The van der Waals surface area contributed by atoms with Crippen molar-refractivity contribution in [2.45, 2.75) is 51.5 Å². The quantitative estimate of drug-likeness (QED) is 0.872. The van der Waals surface area contributed by atoms with E-state index in [1.54, 1.807) is 12.1 Å². The molecule has 0 heterocycles. The summed E-state index contributed by atoms with van der Waals surface area (Å²) in [5.41, 5.74) is 0.831. The molecule has 0 aromatic heterocycles. The molecule has 1 aromatic rings. The maximum absolute atomic E-state index is 13.1. The molecule has 20 heavy (non-hydrogen) atoms. The van der Waals surface area contributed by atoms with E-state index in [1.165, 1.54) is 25.3 Å². The van der Waals surface area contributed by atoms with Crippen molar-refractivity contribution >= 4 is 21.8 Å². The highest BCUT2D eigenvalue weighted by molar-refractivity contribution is 9.10. The normalized spacial score (nSPS) is 22.6. The van der Waals surface area contributed by atoms with Gasteiger partial charge >= 0.3 is 0 Å². The number of halogens is 2. The van der Waals surface area contributed by atoms with E-state index in [4.69, 9.17) is 0 Å². The third-order valence-corrected chi connectivity index (χ3v) is 4.75. The molecule has 4 heteroatoms. The largest absolute Gasteiger partial charge is 0.353 e. The minimum atomic E-state index is -0.299. The molecule has 0 aliphatic heterocycles. The van der Waals surface area contributed by atoms with E-state index in [-0.39, 0.29) is 11.7 Å². The number of nitrogens with one attached hydrogen (secondary N) is 1. The Morgan fingerprint density at radius 1 is 1.35 bits per heavy atom. The predicted octanol–water partition coefficient (Wildman–Crippen LogP) is 4.22. The van der Waals surface area contributed by atoms with Gasteiger partial charge in [0.2, 0.25) is 5.91 Å². The molecule has 0 bridgehead atoms. The van der Waals surface area contributed by atoms with Crippen LogP contribution >= 0.6 is 15.9 Å². The molecule has 1 amide bonds. The zero-order valence-corrected chi connectivity index (χ0v) is 13.4. The van der Waals surface area contributed by atoms with E-state index in [0.717, 1.165) is 24.3 Å².